The van der Waals surface area contributed by atoms with E-state index < -0.39 is 0 Å². The molecule has 0 bridgehead atoms. The van der Waals surface area contributed by atoms with Crippen molar-refractivity contribution in [3.63, 3.8) is 0 Å². The Kier molecular flexibility index (Phi) is 3.45. The molecule has 1 aromatic heterocycles. The van der Waals surface area contributed by atoms with Crippen molar-refractivity contribution in [2.24, 2.45) is 5.73 Å². The molecule has 2 N–H and O–H groups in total. The largest absolute Gasteiger partial charge is 0.339 e. The molecule has 1 aliphatic heterocycles. The summed E-state index contributed by atoms with van der Waals surface area (Å²) in [6.07, 6.45) is 4.55. The van der Waals surface area contributed by atoms with E-state index in [1.807, 2.05) is 6.07 Å². The SMILES string of the molecule is Cl.N[C@@H]1CCN(c2ncccn2)C1. The third-order valence-electron chi connectivity index (χ3n) is 2.06. The van der Waals surface area contributed by atoms with Crippen LogP contribution in [0.4, 0.5) is 5.95 Å². The molecule has 0 saturated carbocycles. The summed E-state index contributed by atoms with van der Waals surface area (Å²) in [6, 6.07) is 2.10. The lowest BCUT2D eigenvalue weighted by Gasteiger charge is -2.14. The number of hydrogen-bond donors (Lipinski definition) is 1. The van der Waals surface area contributed by atoms with Gasteiger partial charge in [-0.3, -0.25) is 0 Å². The summed E-state index contributed by atoms with van der Waals surface area (Å²) in [5.41, 5.74) is 5.77. The molecule has 0 amide bonds. The molecule has 0 unspecified atom stereocenters. The Morgan fingerprint density at radius 2 is 2.08 bits per heavy atom. The third-order valence-corrected chi connectivity index (χ3v) is 2.06. The summed E-state index contributed by atoms with van der Waals surface area (Å²) in [4.78, 5) is 10.4. The van der Waals surface area contributed by atoms with Crippen LogP contribution < -0.4 is 10.6 Å². The van der Waals surface area contributed by atoms with Crippen LogP contribution >= 0.6 is 12.4 Å². The number of hydrogen-bond acceptors (Lipinski definition) is 4. The molecule has 1 atom stereocenters. The third kappa shape index (κ3) is 2.29. The summed E-state index contributed by atoms with van der Waals surface area (Å²) in [6.45, 7) is 1.86. The lowest BCUT2D eigenvalue weighted by atomic mass is 10.3. The van der Waals surface area contributed by atoms with Gasteiger partial charge >= 0.3 is 0 Å². The molecule has 2 heterocycles. The predicted molar refractivity (Wildman–Crippen MR) is 54.1 cm³/mol. The molecule has 72 valence electrons. The maximum Gasteiger partial charge on any atom is 0.225 e. The van der Waals surface area contributed by atoms with Gasteiger partial charge in [0.1, 0.15) is 0 Å². The van der Waals surface area contributed by atoms with Crippen molar-refractivity contribution in [2.45, 2.75) is 12.5 Å². The minimum atomic E-state index is 0. The van der Waals surface area contributed by atoms with Gasteiger partial charge in [0.05, 0.1) is 0 Å². The van der Waals surface area contributed by atoms with Crippen LogP contribution in [-0.4, -0.2) is 29.1 Å². The van der Waals surface area contributed by atoms with Crippen molar-refractivity contribution >= 4 is 18.4 Å². The van der Waals surface area contributed by atoms with E-state index in [0.717, 1.165) is 25.5 Å². The average Bonchev–Trinajstić information content (AvgIpc) is 2.54. The second-order valence-corrected chi connectivity index (χ2v) is 3.04. The maximum atomic E-state index is 5.77. The fraction of sp³-hybridized carbons (Fsp3) is 0.500. The Balaban J connectivity index is 0.000000845. The first-order valence-corrected chi connectivity index (χ1v) is 4.14. The van der Waals surface area contributed by atoms with Gasteiger partial charge < -0.3 is 10.6 Å². The van der Waals surface area contributed by atoms with E-state index in [1.165, 1.54) is 0 Å². The summed E-state index contributed by atoms with van der Waals surface area (Å²) in [5.74, 6) is 0.797. The first-order valence-electron chi connectivity index (χ1n) is 4.14. The number of nitrogens with two attached hydrogens (primary N) is 1. The molecular weight excluding hydrogens is 188 g/mol. The zero-order chi connectivity index (χ0) is 8.39. The van der Waals surface area contributed by atoms with Gasteiger partial charge in [0.2, 0.25) is 5.95 Å². The van der Waals surface area contributed by atoms with Crippen molar-refractivity contribution < 1.29 is 0 Å². The quantitative estimate of drug-likeness (QED) is 0.715. The molecule has 4 nitrogen and oxygen atoms in total. The summed E-state index contributed by atoms with van der Waals surface area (Å²) in [5, 5.41) is 0. The van der Waals surface area contributed by atoms with Crippen molar-refractivity contribution in [1.29, 1.82) is 0 Å². The molecule has 2 rings (SSSR count). The Morgan fingerprint density at radius 3 is 2.62 bits per heavy atom. The molecule has 1 saturated heterocycles. The summed E-state index contributed by atoms with van der Waals surface area (Å²) >= 11 is 0. The normalized spacial score (nSPS) is 21.3. The van der Waals surface area contributed by atoms with Gasteiger partial charge in [-0.25, -0.2) is 9.97 Å². The van der Waals surface area contributed by atoms with Crippen molar-refractivity contribution in [3.8, 4) is 0 Å². The minimum absolute atomic E-state index is 0. The molecule has 0 radical (unpaired) electrons. The second-order valence-electron chi connectivity index (χ2n) is 3.04. The van der Waals surface area contributed by atoms with Crippen LogP contribution in [0.15, 0.2) is 18.5 Å². The lowest BCUT2D eigenvalue weighted by molar-refractivity contribution is 0.750. The lowest BCUT2D eigenvalue weighted by Crippen LogP contribution is -2.27. The van der Waals surface area contributed by atoms with Crippen LogP contribution in [0.2, 0.25) is 0 Å². The Labute approximate surface area is 83.6 Å². The van der Waals surface area contributed by atoms with Gasteiger partial charge in [-0.05, 0) is 12.5 Å². The Bertz CT molecular complexity index is 254. The van der Waals surface area contributed by atoms with Gasteiger partial charge in [-0.1, -0.05) is 0 Å². The first kappa shape index (κ1) is 10.2. The fourth-order valence-corrected chi connectivity index (χ4v) is 1.42. The van der Waals surface area contributed by atoms with Crippen LogP contribution in [0.1, 0.15) is 6.42 Å². The first-order chi connectivity index (χ1) is 5.86. The number of nitrogens with zero attached hydrogens (tertiary/aromatic N) is 3. The highest BCUT2D eigenvalue weighted by molar-refractivity contribution is 5.85. The van der Waals surface area contributed by atoms with Gasteiger partial charge in [0.25, 0.3) is 0 Å². The van der Waals surface area contributed by atoms with Gasteiger partial charge in [-0.2, -0.15) is 0 Å². The van der Waals surface area contributed by atoms with E-state index in [9.17, 15) is 0 Å². The molecule has 1 fully saturated rings. The Morgan fingerprint density at radius 1 is 1.38 bits per heavy atom. The van der Waals surface area contributed by atoms with E-state index >= 15 is 0 Å². The molecule has 0 spiro atoms. The molecule has 0 aromatic carbocycles. The van der Waals surface area contributed by atoms with E-state index in [1.54, 1.807) is 12.4 Å². The van der Waals surface area contributed by atoms with E-state index in [2.05, 4.69) is 14.9 Å². The highest BCUT2D eigenvalue weighted by atomic mass is 35.5. The molecule has 1 aliphatic rings. The van der Waals surface area contributed by atoms with E-state index in [4.69, 9.17) is 5.73 Å². The van der Waals surface area contributed by atoms with Crippen LogP contribution in [0.3, 0.4) is 0 Å². The summed E-state index contributed by atoms with van der Waals surface area (Å²) < 4.78 is 0. The molecule has 0 aliphatic carbocycles. The van der Waals surface area contributed by atoms with Crippen LogP contribution in [0.5, 0.6) is 0 Å². The highest BCUT2D eigenvalue weighted by Crippen LogP contribution is 2.12. The van der Waals surface area contributed by atoms with E-state index in [0.29, 0.717) is 0 Å². The van der Waals surface area contributed by atoms with E-state index in [-0.39, 0.29) is 18.4 Å². The van der Waals surface area contributed by atoms with Crippen molar-refractivity contribution in [1.82, 2.24) is 9.97 Å². The van der Waals surface area contributed by atoms with Crippen molar-refractivity contribution in [2.75, 3.05) is 18.0 Å². The maximum absolute atomic E-state index is 5.77. The average molecular weight is 201 g/mol. The molecular formula is C8H13ClN4. The number of anilines is 1. The molecule has 1 aromatic rings. The van der Waals surface area contributed by atoms with Crippen LogP contribution in [0.25, 0.3) is 0 Å². The van der Waals surface area contributed by atoms with Gasteiger partial charge in [-0.15, -0.1) is 12.4 Å². The van der Waals surface area contributed by atoms with Gasteiger partial charge in [0.15, 0.2) is 0 Å². The second kappa shape index (κ2) is 4.39. The minimum Gasteiger partial charge on any atom is -0.339 e. The standard InChI is InChI=1S/C8H12N4.ClH/c9-7-2-5-12(6-7)8-10-3-1-4-11-8;/h1,3-4,7H,2,5-6,9H2;1H/t7-;/m1./s1. The van der Waals surface area contributed by atoms with Crippen molar-refractivity contribution in [3.05, 3.63) is 18.5 Å². The number of rotatable bonds is 1. The number of aromatic nitrogens is 2. The molecule has 5 heteroatoms. The summed E-state index contributed by atoms with van der Waals surface area (Å²) in [7, 11) is 0. The Hall–Kier alpha value is -0.870. The molecule has 13 heavy (non-hydrogen) atoms. The smallest absolute Gasteiger partial charge is 0.225 e. The van der Waals surface area contributed by atoms with Crippen LogP contribution in [0, 0.1) is 0 Å². The van der Waals surface area contributed by atoms with Gasteiger partial charge in [0, 0.05) is 31.5 Å². The highest BCUT2D eigenvalue weighted by Gasteiger charge is 2.20. The monoisotopic (exact) mass is 200 g/mol. The number of halogens is 1. The predicted octanol–water partition coefficient (Wildman–Crippen LogP) is 0.436. The zero-order valence-corrected chi connectivity index (χ0v) is 8.07. The zero-order valence-electron chi connectivity index (χ0n) is 7.26. The topological polar surface area (TPSA) is 55.0 Å². The van der Waals surface area contributed by atoms with Crippen LogP contribution in [-0.2, 0) is 0 Å². The fourth-order valence-electron chi connectivity index (χ4n) is 1.42.